The summed E-state index contributed by atoms with van der Waals surface area (Å²) in [5, 5.41) is 4.92. The number of methoxy groups -OCH3 is 1. The Balaban J connectivity index is 2.07. The van der Waals surface area contributed by atoms with E-state index >= 15 is 0 Å². The highest BCUT2D eigenvalue weighted by Crippen LogP contribution is 2.26. The van der Waals surface area contributed by atoms with Gasteiger partial charge in [0.25, 0.3) is 0 Å². The predicted molar refractivity (Wildman–Crippen MR) is 66.6 cm³/mol. The van der Waals surface area contributed by atoms with Crippen LogP contribution in [0.25, 0.3) is 10.7 Å². The van der Waals surface area contributed by atoms with Crippen LogP contribution in [0.1, 0.15) is 18.2 Å². The molecule has 2 aromatic heterocycles. The SMILES string of the molecule is COCCC(N)c1csc(-c2cscn2)n1. The number of ether oxygens (including phenoxy) is 1. The zero-order valence-electron chi connectivity index (χ0n) is 8.92. The fraction of sp³-hybridized carbons (Fsp3) is 0.400. The summed E-state index contributed by atoms with van der Waals surface area (Å²) in [6.45, 7) is 0.657. The van der Waals surface area contributed by atoms with Gasteiger partial charge in [0.15, 0.2) is 0 Å². The van der Waals surface area contributed by atoms with Gasteiger partial charge in [0.05, 0.1) is 17.2 Å². The zero-order valence-corrected chi connectivity index (χ0v) is 10.6. The Labute approximate surface area is 102 Å². The first kappa shape index (κ1) is 11.7. The van der Waals surface area contributed by atoms with Gasteiger partial charge in [-0.05, 0) is 6.42 Å². The molecule has 1 unspecified atom stereocenters. The molecular formula is C10H13N3OS2. The molecule has 0 aliphatic carbocycles. The molecular weight excluding hydrogens is 242 g/mol. The summed E-state index contributed by atoms with van der Waals surface area (Å²) in [6.07, 6.45) is 0.788. The predicted octanol–water partition coefficient (Wildman–Crippen LogP) is 2.30. The van der Waals surface area contributed by atoms with Crippen LogP contribution in [-0.4, -0.2) is 23.7 Å². The highest BCUT2D eigenvalue weighted by Gasteiger charge is 2.12. The van der Waals surface area contributed by atoms with Crippen LogP contribution in [0.4, 0.5) is 0 Å². The van der Waals surface area contributed by atoms with E-state index in [2.05, 4.69) is 9.97 Å². The number of hydrogen-bond donors (Lipinski definition) is 1. The molecule has 6 heteroatoms. The minimum Gasteiger partial charge on any atom is -0.385 e. The maximum atomic E-state index is 5.99. The monoisotopic (exact) mass is 255 g/mol. The maximum absolute atomic E-state index is 5.99. The molecule has 2 N–H and O–H groups in total. The summed E-state index contributed by atoms with van der Waals surface area (Å²) in [6, 6.07) is -0.0522. The Morgan fingerprint density at radius 3 is 3.06 bits per heavy atom. The van der Waals surface area contributed by atoms with Crippen molar-refractivity contribution in [3.63, 3.8) is 0 Å². The van der Waals surface area contributed by atoms with Gasteiger partial charge in [-0.3, -0.25) is 0 Å². The third-order valence-corrected chi connectivity index (χ3v) is 3.66. The Kier molecular flexibility index (Phi) is 4.00. The average Bonchev–Trinajstić information content (AvgIpc) is 2.94. The van der Waals surface area contributed by atoms with Crippen LogP contribution in [0.5, 0.6) is 0 Å². The van der Waals surface area contributed by atoms with Crippen molar-refractivity contribution in [1.29, 1.82) is 0 Å². The summed E-state index contributed by atoms with van der Waals surface area (Å²) < 4.78 is 5.00. The second-order valence-corrected chi connectivity index (χ2v) is 4.92. The molecule has 16 heavy (non-hydrogen) atoms. The number of rotatable bonds is 5. The Bertz CT molecular complexity index is 427. The van der Waals surface area contributed by atoms with Crippen molar-refractivity contribution < 1.29 is 4.74 Å². The molecule has 86 valence electrons. The second kappa shape index (κ2) is 5.49. The lowest BCUT2D eigenvalue weighted by molar-refractivity contribution is 0.188. The molecule has 0 aromatic carbocycles. The molecule has 0 spiro atoms. The topological polar surface area (TPSA) is 61.0 Å². The van der Waals surface area contributed by atoms with Crippen LogP contribution in [0.3, 0.4) is 0 Å². The average molecular weight is 255 g/mol. The van der Waals surface area contributed by atoms with Crippen molar-refractivity contribution in [3.8, 4) is 10.7 Å². The third-order valence-electron chi connectivity index (χ3n) is 2.19. The summed E-state index contributed by atoms with van der Waals surface area (Å²) in [5.74, 6) is 0. The van der Waals surface area contributed by atoms with E-state index in [9.17, 15) is 0 Å². The van der Waals surface area contributed by atoms with Crippen LogP contribution in [0.2, 0.25) is 0 Å². The summed E-state index contributed by atoms with van der Waals surface area (Å²) in [5.41, 5.74) is 9.65. The van der Waals surface area contributed by atoms with Crippen molar-refractivity contribution in [1.82, 2.24) is 9.97 Å². The lowest BCUT2D eigenvalue weighted by Gasteiger charge is -2.06. The van der Waals surface area contributed by atoms with Gasteiger partial charge in [-0.1, -0.05) is 0 Å². The molecule has 0 bridgehead atoms. The lowest BCUT2D eigenvalue weighted by Crippen LogP contribution is -2.12. The van der Waals surface area contributed by atoms with Crippen LogP contribution in [-0.2, 0) is 4.74 Å². The summed E-state index contributed by atoms with van der Waals surface area (Å²) in [7, 11) is 1.68. The van der Waals surface area contributed by atoms with E-state index in [4.69, 9.17) is 10.5 Å². The highest BCUT2D eigenvalue weighted by molar-refractivity contribution is 7.13. The standard InChI is InChI=1S/C10H13N3OS2/c1-14-3-2-7(11)8-5-16-10(13-8)9-4-15-6-12-9/h4-7H,2-3,11H2,1H3. The molecule has 0 radical (unpaired) electrons. The minimum atomic E-state index is -0.0522. The molecule has 2 aromatic rings. The molecule has 0 aliphatic heterocycles. The number of thiazole rings is 2. The van der Waals surface area contributed by atoms with Gasteiger partial charge in [-0.15, -0.1) is 22.7 Å². The van der Waals surface area contributed by atoms with Crippen molar-refractivity contribution in [3.05, 3.63) is 22.0 Å². The Morgan fingerprint density at radius 1 is 1.50 bits per heavy atom. The first-order chi connectivity index (χ1) is 7.81. The number of hydrogen-bond acceptors (Lipinski definition) is 6. The van der Waals surface area contributed by atoms with Crippen LogP contribution in [0.15, 0.2) is 16.3 Å². The molecule has 0 saturated heterocycles. The van der Waals surface area contributed by atoms with Gasteiger partial charge in [0, 0.05) is 24.5 Å². The molecule has 0 aliphatic rings. The largest absolute Gasteiger partial charge is 0.385 e. The maximum Gasteiger partial charge on any atom is 0.143 e. The summed E-state index contributed by atoms with van der Waals surface area (Å²) in [4.78, 5) is 8.71. The third kappa shape index (κ3) is 2.65. The van der Waals surface area contributed by atoms with E-state index in [-0.39, 0.29) is 6.04 Å². The molecule has 0 amide bonds. The van der Waals surface area contributed by atoms with Crippen LogP contribution >= 0.6 is 22.7 Å². The summed E-state index contributed by atoms with van der Waals surface area (Å²) >= 11 is 3.15. The van der Waals surface area contributed by atoms with Gasteiger partial charge in [0.1, 0.15) is 10.7 Å². The number of aromatic nitrogens is 2. The van der Waals surface area contributed by atoms with Crippen LogP contribution < -0.4 is 5.73 Å². The molecule has 4 nitrogen and oxygen atoms in total. The minimum absolute atomic E-state index is 0.0522. The molecule has 0 saturated carbocycles. The highest BCUT2D eigenvalue weighted by atomic mass is 32.1. The van der Waals surface area contributed by atoms with Crippen molar-refractivity contribution in [2.24, 2.45) is 5.73 Å². The smallest absolute Gasteiger partial charge is 0.143 e. The number of nitrogens with zero attached hydrogens (tertiary/aromatic N) is 2. The van der Waals surface area contributed by atoms with Crippen LogP contribution in [0, 0.1) is 0 Å². The van der Waals surface area contributed by atoms with Gasteiger partial charge in [-0.25, -0.2) is 9.97 Å². The van der Waals surface area contributed by atoms with E-state index in [1.165, 1.54) is 0 Å². The van der Waals surface area contributed by atoms with Gasteiger partial charge in [0.2, 0.25) is 0 Å². The quantitative estimate of drug-likeness (QED) is 0.890. The first-order valence-electron chi connectivity index (χ1n) is 4.89. The van der Waals surface area contributed by atoms with Crippen molar-refractivity contribution in [2.75, 3.05) is 13.7 Å². The number of nitrogens with two attached hydrogens (primary N) is 1. The molecule has 0 fully saturated rings. The molecule has 1 atom stereocenters. The van der Waals surface area contributed by atoms with Gasteiger partial charge >= 0.3 is 0 Å². The Hall–Kier alpha value is -0.820. The van der Waals surface area contributed by atoms with E-state index in [0.717, 1.165) is 22.8 Å². The van der Waals surface area contributed by atoms with E-state index in [0.29, 0.717) is 6.61 Å². The second-order valence-electron chi connectivity index (χ2n) is 3.34. The first-order valence-corrected chi connectivity index (χ1v) is 6.72. The van der Waals surface area contributed by atoms with E-state index < -0.39 is 0 Å². The van der Waals surface area contributed by atoms with Gasteiger partial charge < -0.3 is 10.5 Å². The molecule has 2 heterocycles. The van der Waals surface area contributed by atoms with E-state index in [1.807, 2.05) is 10.8 Å². The van der Waals surface area contributed by atoms with Crippen molar-refractivity contribution in [2.45, 2.75) is 12.5 Å². The Morgan fingerprint density at radius 2 is 2.38 bits per heavy atom. The fourth-order valence-electron chi connectivity index (χ4n) is 1.28. The van der Waals surface area contributed by atoms with Gasteiger partial charge in [-0.2, -0.15) is 0 Å². The van der Waals surface area contributed by atoms with E-state index in [1.54, 1.807) is 35.3 Å². The van der Waals surface area contributed by atoms with Crippen molar-refractivity contribution >= 4 is 22.7 Å². The molecule has 2 rings (SSSR count). The fourth-order valence-corrected chi connectivity index (χ4v) is 2.75. The zero-order chi connectivity index (χ0) is 11.4. The normalized spacial score (nSPS) is 12.9. The lowest BCUT2D eigenvalue weighted by atomic mass is 10.2.